The van der Waals surface area contributed by atoms with E-state index in [1.165, 1.54) is 0 Å². The Labute approximate surface area is 151 Å². The maximum Gasteiger partial charge on any atom is 0.276 e. The first-order valence-corrected chi connectivity index (χ1v) is 8.06. The monoisotopic (exact) mass is 343 g/mol. The molecule has 2 aromatic carbocycles. The molecule has 0 saturated heterocycles. The zero-order valence-corrected chi connectivity index (χ0v) is 14.3. The Hall–Kier alpha value is -3.72. The van der Waals surface area contributed by atoms with E-state index in [4.69, 9.17) is 5.26 Å². The number of nitrogens with zero attached hydrogens (tertiary/aromatic N) is 4. The highest BCUT2D eigenvalue weighted by molar-refractivity contribution is 6.02. The topological polar surface area (TPSA) is 81.9 Å². The Morgan fingerprint density at radius 3 is 2.58 bits per heavy atom. The van der Waals surface area contributed by atoms with Crippen molar-refractivity contribution in [3.05, 3.63) is 83.6 Å². The smallest absolute Gasteiger partial charge is 0.276 e. The third kappa shape index (κ3) is 4.22. The molecular formula is C20H17N5O. The Morgan fingerprint density at radius 2 is 1.88 bits per heavy atom. The van der Waals surface area contributed by atoms with Crippen molar-refractivity contribution < 1.29 is 4.79 Å². The third-order valence-electron chi connectivity index (χ3n) is 3.79. The molecule has 6 heteroatoms. The quantitative estimate of drug-likeness (QED) is 0.769. The second-order valence-corrected chi connectivity index (χ2v) is 5.77. The van der Waals surface area contributed by atoms with Crippen molar-refractivity contribution in [3.8, 4) is 6.07 Å². The predicted octanol–water partition coefficient (Wildman–Crippen LogP) is 3.24. The Bertz CT molecular complexity index is 932. The van der Waals surface area contributed by atoms with Gasteiger partial charge in [0.25, 0.3) is 5.91 Å². The van der Waals surface area contributed by atoms with Crippen molar-refractivity contribution in [3.63, 3.8) is 0 Å². The molecule has 0 unspecified atom stereocenters. The zero-order chi connectivity index (χ0) is 18.4. The van der Waals surface area contributed by atoms with Gasteiger partial charge in [0.2, 0.25) is 0 Å². The van der Waals surface area contributed by atoms with Gasteiger partial charge in [-0.15, -0.1) is 10.2 Å². The Morgan fingerprint density at radius 1 is 1.08 bits per heavy atom. The second-order valence-electron chi connectivity index (χ2n) is 5.77. The van der Waals surface area contributed by atoms with E-state index < -0.39 is 0 Å². The van der Waals surface area contributed by atoms with E-state index >= 15 is 0 Å². The van der Waals surface area contributed by atoms with E-state index in [0.29, 0.717) is 23.6 Å². The van der Waals surface area contributed by atoms with Crippen molar-refractivity contribution in [2.75, 3.05) is 17.3 Å². The molecule has 0 aliphatic carbocycles. The summed E-state index contributed by atoms with van der Waals surface area (Å²) in [5, 5.41) is 19.8. The lowest BCUT2D eigenvalue weighted by Crippen LogP contribution is -2.20. The summed E-state index contributed by atoms with van der Waals surface area (Å²) in [6, 6.07) is 22.2. The van der Waals surface area contributed by atoms with Crippen LogP contribution in [0.2, 0.25) is 0 Å². The van der Waals surface area contributed by atoms with E-state index in [1.807, 2.05) is 48.3 Å². The Balaban J connectivity index is 1.66. The largest absolute Gasteiger partial charge is 0.354 e. The lowest BCUT2D eigenvalue weighted by Gasteiger charge is -2.17. The van der Waals surface area contributed by atoms with Crippen LogP contribution in [0.25, 0.3) is 0 Å². The molecule has 0 bridgehead atoms. The lowest BCUT2D eigenvalue weighted by molar-refractivity contribution is 0.102. The molecule has 0 saturated carbocycles. The van der Waals surface area contributed by atoms with Gasteiger partial charge in [-0.3, -0.25) is 4.79 Å². The van der Waals surface area contributed by atoms with E-state index in [-0.39, 0.29) is 11.6 Å². The van der Waals surface area contributed by atoms with E-state index in [0.717, 1.165) is 5.56 Å². The van der Waals surface area contributed by atoms with Crippen molar-refractivity contribution in [2.24, 2.45) is 0 Å². The maximum atomic E-state index is 12.3. The van der Waals surface area contributed by atoms with Crippen LogP contribution in [0.4, 0.5) is 11.5 Å². The average molecular weight is 343 g/mol. The van der Waals surface area contributed by atoms with E-state index in [9.17, 15) is 4.79 Å². The summed E-state index contributed by atoms with van der Waals surface area (Å²) >= 11 is 0. The zero-order valence-electron chi connectivity index (χ0n) is 14.3. The molecule has 1 N–H and O–H groups in total. The maximum absolute atomic E-state index is 12.3. The second kappa shape index (κ2) is 7.90. The number of aromatic nitrogens is 2. The molecule has 26 heavy (non-hydrogen) atoms. The number of benzene rings is 2. The molecule has 3 aromatic rings. The number of nitriles is 1. The number of hydrogen-bond donors (Lipinski definition) is 1. The molecule has 0 aliphatic heterocycles. The van der Waals surface area contributed by atoms with Gasteiger partial charge in [-0.05, 0) is 35.9 Å². The summed E-state index contributed by atoms with van der Waals surface area (Å²) in [6.07, 6.45) is 0. The summed E-state index contributed by atoms with van der Waals surface area (Å²) in [6.45, 7) is 0.696. The van der Waals surface area contributed by atoms with Gasteiger partial charge in [0.15, 0.2) is 11.5 Å². The highest BCUT2D eigenvalue weighted by atomic mass is 16.1. The third-order valence-corrected chi connectivity index (χ3v) is 3.79. The van der Waals surface area contributed by atoms with Gasteiger partial charge >= 0.3 is 0 Å². The number of carbonyl (C=O) groups is 1. The van der Waals surface area contributed by atoms with Gasteiger partial charge in [-0.1, -0.05) is 36.4 Å². The van der Waals surface area contributed by atoms with Crippen LogP contribution in [0.3, 0.4) is 0 Å². The number of anilines is 2. The molecule has 0 spiro atoms. The van der Waals surface area contributed by atoms with Crippen LogP contribution in [0, 0.1) is 11.3 Å². The number of carbonyl (C=O) groups excluding carboxylic acids is 1. The number of rotatable bonds is 5. The van der Waals surface area contributed by atoms with Crippen LogP contribution in [-0.2, 0) is 6.54 Å². The van der Waals surface area contributed by atoms with Crippen molar-refractivity contribution in [1.82, 2.24) is 10.2 Å². The highest BCUT2D eigenvalue weighted by Crippen LogP contribution is 2.14. The molecule has 6 nitrogen and oxygen atoms in total. The SMILES string of the molecule is CN(Cc1ccccc1)c1ccc(C(=O)Nc2cccc(C#N)c2)nn1. The van der Waals surface area contributed by atoms with Gasteiger partial charge in [0.1, 0.15) is 0 Å². The van der Waals surface area contributed by atoms with Crippen LogP contribution in [0.5, 0.6) is 0 Å². The van der Waals surface area contributed by atoms with Crippen LogP contribution in [0.15, 0.2) is 66.7 Å². The van der Waals surface area contributed by atoms with Crippen LogP contribution in [0.1, 0.15) is 21.6 Å². The van der Waals surface area contributed by atoms with Gasteiger partial charge < -0.3 is 10.2 Å². The molecule has 1 aromatic heterocycles. The summed E-state index contributed by atoms with van der Waals surface area (Å²) in [5.74, 6) is 0.307. The summed E-state index contributed by atoms with van der Waals surface area (Å²) in [7, 11) is 1.92. The van der Waals surface area contributed by atoms with Gasteiger partial charge in [-0.2, -0.15) is 5.26 Å². The first kappa shape index (κ1) is 17.1. The fourth-order valence-electron chi connectivity index (χ4n) is 2.45. The molecule has 1 amide bonds. The van der Waals surface area contributed by atoms with Gasteiger partial charge in [-0.25, -0.2) is 0 Å². The molecule has 0 atom stereocenters. The standard InChI is InChI=1S/C20H17N5O/c1-25(14-15-6-3-2-4-7-15)19-11-10-18(23-24-19)20(26)22-17-9-5-8-16(12-17)13-21/h2-12H,14H2,1H3,(H,22,26). The van der Waals surface area contributed by atoms with E-state index in [2.05, 4.69) is 15.5 Å². The molecular weight excluding hydrogens is 326 g/mol. The van der Waals surface area contributed by atoms with Crippen molar-refractivity contribution >= 4 is 17.4 Å². The van der Waals surface area contributed by atoms with Gasteiger partial charge in [0, 0.05) is 19.3 Å². The fraction of sp³-hybridized carbons (Fsp3) is 0.100. The molecule has 0 fully saturated rings. The minimum atomic E-state index is -0.371. The summed E-state index contributed by atoms with van der Waals surface area (Å²) < 4.78 is 0. The molecule has 128 valence electrons. The summed E-state index contributed by atoms with van der Waals surface area (Å²) in [4.78, 5) is 14.2. The molecule has 1 heterocycles. The molecule has 0 aliphatic rings. The van der Waals surface area contributed by atoms with Crippen molar-refractivity contribution in [2.45, 2.75) is 6.54 Å². The first-order chi connectivity index (χ1) is 12.7. The number of nitrogens with one attached hydrogen (secondary N) is 1. The van der Waals surface area contributed by atoms with Crippen LogP contribution >= 0.6 is 0 Å². The first-order valence-electron chi connectivity index (χ1n) is 8.06. The van der Waals surface area contributed by atoms with Crippen molar-refractivity contribution in [1.29, 1.82) is 5.26 Å². The average Bonchev–Trinajstić information content (AvgIpc) is 2.69. The van der Waals surface area contributed by atoms with Crippen LogP contribution in [-0.4, -0.2) is 23.2 Å². The summed E-state index contributed by atoms with van der Waals surface area (Å²) in [5.41, 5.74) is 2.40. The molecule has 3 rings (SSSR count). The predicted molar refractivity (Wildman–Crippen MR) is 99.7 cm³/mol. The molecule has 0 radical (unpaired) electrons. The Kier molecular flexibility index (Phi) is 5.20. The van der Waals surface area contributed by atoms with Crippen LogP contribution < -0.4 is 10.2 Å². The fourth-order valence-corrected chi connectivity index (χ4v) is 2.45. The van der Waals surface area contributed by atoms with Gasteiger partial charge in [0.05, 0.1) is 11.6 Å². The lowest BCUT2D eigenvalue weighted by atomic mass is 10.2. The normalized spacial score (nSPS) is 10.0. The minimum absolute atomic E-state index is 0.212. The van der Waals surface area contributed by atoms with E-state index in [1.54, 1.807) is 36.4 Å². The highest BCUT2D eigenvalue weighted by Gasteiger charge is 2.11. The number of amides is 1. The number of hydrogen-bond acceptors (Lipinski definition) is 5. The minimum Gasteiger partial charge on any atom is -0.354 e.